The number of rotatable bonds is 4. The molecule has 1 saturated heterocycles. The van der Waals surface area contributed by atoms with Gasteiger partial charge in [0.15, 0.2) is 11.5 Å². The predicted octanol–water partition coefficient (Wildman–Crippen LogP) is 6.14. The number of fused-ring (bicyclic) bond motifs is 2. The number of aryl methyl sites for hydroxylation is 1. The van der Waals surface area contributed by atoms with Crippen LogP contribution in [-0.2, 0) is 11.3 Å². The van der Waals surface area contributed by atoms with Gasteiger partial charge in [-0.05, 0) is 53.1 Å². The molecule has 0 unspecified atom stereocenters. The lowest BCUT2D eigenvalue weighted by Gasteiger charge is -2.21. The van der Waals surface area contributed by atoms with E-state index in [1.807, 2.05) is 23.3 Å². The van der Waals surface area contributed by atoms with Gasteiger partial charge in [-0.15, -0.1) is 22.7 Å². The Morgan fingerprint density at radius 2 is 2.06 bits per heavy atom. The molecule has 1 amide bonds. The van der Waals surface area contributed by atoms with Gasteiger partial charge in [-0.2, -0.15) is 0 Å². The normalized spacial score (nSPS) is 17.9. The molecule has 2 aromatic heterocycles. The maximum Gasteiger partial charge on any atom is 0.264 e. The Morgan fingerprint density at radius 3 is 2.88 bits per heavy atom. The molecule has 2 aliphatic heterocycles. The van der Waals surface area contributed by atoms with E-state index in [1.165, 1.54) is 27.0 Å². The van der Waals surface area contributed by atoms with Crippen LogP contribution in [0.2, 0.25) is 0 Å². The second kappa shape index (κ2) is 9.06. The smallest absolute Gasteiger partial charge is 0.264 e. The van der Waals surface area contributed by atoms with E-state index in [-0.39, 0.29) is 12.0 Å². The molecule has 4 heterocycles. The van der Waals surface area contributed by atoms with E-state index < -0.39 is 0 Å². The minimum Gasteiger partial charge on any atom is -0.487 e. The summed E-state index contributed by atoms with van der Waals surface area (Å²) in [5, 5.41) is 5.39. The van der Waals surface area contributed by atoms with Crippen molar-refractivity contribution in [1.29, 1.82) is 0 Å². The molecule has 4 aromatic rings. The summed E-state index contributed by atoms with van der Waals surface area (Å²) in [6.07, 6.45) is 0.875. The van der Waals surface area contributed by atoms with Crippen molar-refractivity contribution in [1.82, 2.24) is 4.90 Å². The molecule has 0 aliphatic carbocycles. The zero-order valence-electron chi connectivity index (χ0n) is 18.9. The number of thiophene rings is 2. The van der Waals surface area contributed by atoms with Crippen molar-refractivity contribution in [3.8, 4) is 22.6 Å². The molecule has 1 atom stereocenters. The quantitative estimate of drug-likeness (QED) is 0.344. The highest BCUT2D eigenvalue weighted by Gasteiger charge is 2.28. The highest BCUT2D eigenvalue weighted by atomic mass is 32.1. The monoisotopic (exact) mass is 491 g/mol. The van der Waals surface area contributed by atoms with Gasteiger partial charge in [0.1, 0.15) is 12.7 Å². The number of ether oxygens (including phenoxy) is 3. The molecule has 0 radical (unpaired) electrons. The summed E-state index contributed by atoms with van der Waals surface area (Å²) in [4.78, 5) is 16.0. The Bertz CT molecular complexity index is 1350. The minimum absolute atomic E-state index is 0.0110. The van der Waals surface area contributed by atoms with Crippen LogP contribution < -0.4 is 9.47 Å². The summed E-state index contributed by atoms with van der Waals surface area (Å²) >= 11 is 3.24. The van der Waals surface area contributed by atoms with E-state index in [2.05, 4.69) is 41.8 Å². The fourth-order valence-electron chi connectivity index (χ4n) is 4.62. The van der Waals surface area contributed by atoms with Crippen molar-refractivity contribution in [2.75, 3.05) is 26.4 Å². The van der Waals surface area contributed by atoms with Crippen LogP contribution in [0, 0.1) is 6.92 Å². The van der Waals surface area contributed by atoms with E-state index in [9.17, 15) is 4.79 Å². The molecule has 34 heavy (non-hydrogen) atoms. The first-order valence-electron chi connectivity index (χ1n) is 11.5. The summed E-state index contributed by atoms with van der Waals surface area (Å²) in [5.74, 6) is 1.54. The van der Waals surface area contributed by atoms with Crippen LogP contribution in [0.4, 0.5) is 0 Å². The Balaban J connectivity index is 1.43. The van der Waals surface area contributed by atoms with Gasteiger partial charge in [-0.1, -0.05) is 18.2 Å². The van der Waals surface area contributed by atoms with Crippen molar-refractivity contribution in [3.63, 3.8) is 0 Å². The number of amides is 1. The van der Waals surface area contributed by atoms with Gasteiger partial charge in [0.25, 0.3) is 5.91 Å². The number of benzene rings is 2. The van der Waals surface area contributed by atoms with Crippen LogP contribution in [0.15, 0.2) is 53.2 Å². The zero-order chi connectivity index (χ0) is 23.1. The lowest BCUT2D eigenvalue weighted by molar-refractivity contribution is 0.0737. The van der Waals surface area contributed by atoms with Crippen LogP contribution >= 0.6 is 22.7 Å². The number of carbonyl (C=O) groups is 1. The van der Waals surface area contributed by atoms with Crippen LogP contribution in [0.5, 0.6) is 11.5 Å². The lowest BCUT2D eigenvalue weighted by Crippen LogP contribution is -2.32. The first-order chi connectivity index (χ1) is 16.7. The van der Waals surface area contributed by atoms with E-state index in [4.69, 9.17) is 14.2 Å². The van der Waals surface area contributed by atoms with E-state index in [1.54, 1.807) is 11.3 Å². The molecular weight excluding hydrogens is 466 g/mol. The van der Waals surface area contributed by atoms with Crippen molar-refractivity contribution >= 4 is 38.7 Å². The molecule has 6 rings (SSSR count). The summed E-state index contributed by atoms with van der Waals surface area (Å²) in [6.45, 7) is 4.74. The van der Waals surface area contributed by atoms with Crippen molar-refractivity contribution < 1.29 is 19.0 Å². The molecular formula is C27H25NO4S2. The first kappa shape index (κ1) is 21.6. The number of hydrogen-bond acceptors (Lipinski definition) is 6. The van der Waals surface area contributed by atoms with Gasteiger partial charge in [0.05, 0.1) is 24.6 Å². The van der Waals surface area contributed by atoms with Gasteiger partial charge in [-0.3, -0.25) is 4.79 Å². The molecule has 5 nitrogen and oxygen atoms in total. The largest absolute Gasteiger partial charge is 0.487 e. The molecule has 0 saturated carbocycles. The Hall–Kier alpha value is -2.87. The van der Waals surface area contributed by atoms with Gasteiger partial charge in [-0.25, -0.2) is 0 Å². The molecule has 7 heteroatoms. The van der Waals surface area contributed by atoms with E-state index in [0.717, 1.165) is 39.5 Å². The summed E-state index contributed by atoms with van der Waals surface area (Å²) in [7, 11) is 0. The summed E-state index contributed by atoms with van der Waals surface area (Å²) in [5.41, 5.74) is 4.24. The van der Waals surface area contributed by atoms with Crippen molar-refractivity contribution in [2.45, 2.75) is 26.0 Å². The third-order valence-corrected chi connectivity index (χ3v) is 8.39. The first-order valence-corrected chi connectivity index (χ1v) is 13.3. The third kappa shape index (κ3) is 3.98. The molecule has 0 spiro atoms. The standard InChI is InChI=1S/C27H25NO4S2/c1-17-7-11-33-26(17)27(29)28-8-10-31-25-19(14-28)12-18(13-23(25)32-20-6-9-30-15-20)22-16-34-24-5-3-2-4-21(22)24/h2-5,7,11-13,16,20H,6,8-10,14-15H2,1H3/t20-/m0/s1. The van der Waals surface area contributed by atoms with Crippen LogP contribution in [0.3, 0.4) is 0 Å². The summed E-state index contributed by atoms with van der Waals surface area (Å²) in [6, 6.07) is 14.7. The highest BCUT2D eigenvalue weighted by molar-refractivity contribution is 7.17. The average Bonchev–Trinajstić information content (AvgIpc) is 3.57. The molecule has 2 aromatic carbocycles. The third-order valence-electron chi connectivity index (χ3n) is 6.42. The minimum atomic E-state index is 0.0110. The molecule has 2 aliphatic rings. The highest BCUT2D eigenvalue weighted by Crippen LogP contribution is 2.42. The van der Waals surface area contributed by atoms with Crippen LogP contribution in [0.1, 0.15) is 27.2 Å². The second-order valence-electron chi connectivity index (χ2n) is 8.72. The Kier molecular flexibility index (Phi) is 5.77. The fourth-order valence-corrected chi connectivity index (χ4v) is 6.48. The SMILES string of the molecule is Cc1ccsc1C(=O)N1CCOc2c(cc(-c3csc4ccccc34)cc2O[C@H]2CCOC2)C1. The maximum atomic E-state index is 13.3. The predicted molar refractivity (Wildman–Crippen MR) is 136 cm³/mol. The maximum absolute atomic E-state index is 13.3. The summed E-state index contributed by atoms with van der Waals surface area (Å²) < 4.78 is 19.4. The topological polar surface area (TPSA) is 48.0 Å². The molecule has 1 fully saturated rings. The number of hydrogen-bond donors (Lipinski definition) is 0. The lowest BCUT2D eigenvalue weighted by atomic mass is 10.0. The fraction of sp³-hybridized carbons (Fsp3) is 0.296. The van der Waals surface area contributed by atoms with Crippen molar-refractivity contribution in [2.24, 2.45) is 0 Å². The van der Waals surface area contributed by atoms with Gasteiger partial charge in [0, 0.05) is 34.2 Å². The van der Waals surface area contributed by atoms with Crippen LogP contribution in [0.25, 0.3) is 21.2 Å². The Morgan fingerprint density at radius 1 is 1.15 bits per heavy atom. The molecule has 0 N–H and O–H groups in total. The second-order valence-corrected chi connectivity index (χ2v) is 10.5. The number of nitrogens with zero attached hydrogens (tertiary/aromatic N) is 1. The van der Waals surface area contributed by atoms with Crippen LogP contribution in [-0.4, -0.2) is 43.3 Å². The average molecular weight is 492 g/mol. The zero-order valence-corrected chi connectivity index (χ0v) is 20.5. The van der Waals surface area contributed by atoms with E-state index >= 15 is 0 Å². The molecule has 0 bridgehead atoms. The van der Waals surface area contributed by atoms with Crippen molar-refractivity contribution in [3.05, 3.63) is 69.2 Å². The van der Waals surface area contributed by atoms with E-state index in [0.29, 0.717) is 32.9 Å². The molecule has 174 valence electrons. The van der Waals surface area contributed by atoms with Gasteiger partial charge < -0.3 is 19.1 Å². The number of carbonyl (C=O) groups excluding carboxylic acids is 1. The van der Waals surface area contributed by atoms with Gasteiger partial charge in [0.2, 0.25) is 0 Å². The Labute approximate surface area is 206 Å². The van der Waals surface area contributed by atoms with Gasteiger partial charge >= 0.3 is 0 Å².